The predicted octanol–water partition coefficient (Wildman–Crippen LogP) is 2.96. The highest BCUT2D eigenvalue weighted by atomic mass is 35.5. The van der Waals surface area contributed by atoms with Crippen LogP contribution in [-0.2, 0) is 4.79 Å². The van der Waals surface area contributed by atoms with Crippen molar-refractivity contribution in [3.05, 3.63) is 65.2 Å². The Bertz CT molecular complexity index is 618. The van der Waals surface area contributed by atoms with Crippen LogP contribution in [0.1, 0.15) is 11.6 Å². The first-order valence-corrected chi connectivity index (χ1v) is 6.83. The first-order chi connectivity index (χ1) is 10.0. The number of benzene rings is 2. The van der Waals surface area contributed by atoms with Gasteiger partial charge in [-0.15, -0.1) is 0 Å². The second-order valence-corrected chi connectivity index (χ2v) is 5.11. The van der Waals surface area contributed by atoms with Gasteiger partial charge in [0.15, 0.2) is 6.10 Å². The van der Waals surface area contributed by atoms with Gasteiger partial charge in [0.05, 0.1) is 16.8 Å². The Labute approximate surface area is 128 Å². The third-order valence-corrected chi connectivity index (χ3v) is 3.66. The minimum Gasteiger partial charge on any atom is -0.479 e. The molecule has 2 aromatic carbocycles. The van der Waals surface area contributed by atoms with Crippen molar-refractivity contribution in [1.82, 2.24) is 0 Å². The lowest BCUT2D eigenvalue weighted by Gasteiger charge is -2.32. The molecule has 2 rings (SSSR count). The molecule has 21 heavy (non-hydrogen) atoms. The van der Waals surface area contributed by atoms with E-state index in [-0.39, 0.29) is 0 Å². The Balaban J connectivity index is 2.45. The number of carboxylic acid groups (broad SMARTS) is 1. The molecule has 0 radical (unpaired) electrons. The van der Waals surface area contributed by atoms with Crippen LogP contribution in [0.15, 0.2) is 54.6 Å². The summed E-state index contributed by atoms with van der Waals surface area (Å²) in [5.41, 5.74) is 1.36. The molecule has 0 fully saturated rings. The molecular weight excluding hydrogens is 290 g/mol. The van der Waals surface area contributed by atoms with E-state index < -0.39 is 18.1 Å². The van der Waals surface area contributed by atoms with Crippen molar-refractivity contribution in [2.45, 2.75) is 12.1 Å². The normalized spacial score (nSPS) is 13.5. The number of likely N-dealkylation sites (N-methyl/N-ethyl adjacent to an activating group) is 1. The third kappa shape index (κ3) is 3.35. The van der Waals surface area contributed by atoms with Crippen LogP contribution in [0.25, 0.3) is 0 Å². The van der Waals surface area contributed by atoms with Gasteiger partial charge in [-0.3, -0.25) is 0 Å². The molecule has 0 saturated carbocycles. The van der Waals surface area contributed by atoms with Crippen molar-refractivity contribution in [3.63, 3.8) is 0 Å². The van der Waals surface area contributed by atoms with E-state index in [9.17, 15) is 9.90 Å². The summed E-state index contributed by atoms with van der Waals surface area (Å²) in [7, 11) is 1.71. The summed E-state index contributed by atoms with van der Waals surface area (Å²) in [5.74, 6) is -1.28. The van der Waals surface area contributed by atoms with E-state index in [0.29, 0.717) is 16.3 Å². The fourth-order valence-corrected chi connectivity index (χ4v) is 2.56. The van der Waals surface area contributed by atoms with Crippen molar-refractivity contribution in [2.24, 2.45) is 0 Å². The lowest BCUT2D eigenvalue weighted by atomic mass is 9.99. The fourth-order valence-electron chi connectivity index (χ4n) is 2.29. The number of anilines is 1. The van der Waals surface area contributed by atoms with E-state index in [0.717, 1.165) is 0 Å². The van der Waals surface area contributed by atoms with Gasteiger partial charge in [0.2, 0.25) is 0 Å². The van der Waals surface area contributed by atoms with Crippen LogP contribution >= 0.6 is 11.6 Å². The molecule has 2 aromatic rings. The summed E-state index contributed by atoms with van der Waals surface area (Å²) < 4.78 is 0. The van der Waals surface area contributed by atoms with E-state index in [1.165, 1.54) is 0 Å². The van der Waals surface area contributed by atoms with E-state index >= 15 is 0 Å². The van der Waals surface area contributed by atoms with E-state index in [1.807, 2.05) is 12.1 Å². The number of aliphatic hydroxyl groups is 1. The van der Waals surface area contributed by atoms with Crippen molar-refractivity contribution < 1.29 is 15.0 Å². The monoisotopic (exact) mass is 305 g/mol. The number of hydrogen-bond donors (Lipinski definition) is 2. The maximum atomic E-state index is 11.2. The summed E-state index contributed by atoms with van der Waals surface area (Å²) in [6, 6.07) is 15.4. The summed E-state index contributed by atoms with van der Waals surface area (Å²) in [5, 5.41) is 19.7. The van der Waals surface area contributed by atoms with Gasteiger partial charge in [-0.2, -0.15) is 0 Å². The minimum absolute atomic E-state index is 0.499. The number of carboxylic acids is 1. The quantitative estimate of drug-likeness (QED) is 0.891. The molecule has 0 aliphatic rings. The smallest absolute Gasteiger partial charge is 0.335 e. The summed E-state index contributed by atoms with van der Waals surface area (Å²) >= 11 is 6.16. The largest absolute Gasteiger partial charge is 0.479 e. The minimum atomic E-state index is -1.56. The molecule has 2 atom stereocenters. The van der Waals surface area contributed by atoms with E-state index in [2.05, 4.69) is 0 Å². The SMILES string of the molecule is CN(c1ccccc1Cl)C(c1ccccc1)C(O)C(=O)O. The number of aliphatic carboxylic acids is 1. The topological polar surface area (TPSA) is 60.8 Å². The summed E-state index contributed by atoms with van der Waals surface area (Å²) in [6.45, 7) is 0. The van der Waals surface area contributed by atoms with Crippen molar-refractivity contribution in [3.8, 4) is 0 Å². The van der Waals surface area contributed by atoms with Crippen molar-refractivity contribution in [1.29, 1.82) is 0 Å². The van der Waals surface area contributed by atoms with Crippen LogP contribution in [0.4, 0.5) is 5.69 Å². The molecule has 0 aromatic heterocycles. The lowest BCUT2D eigenvalue weighted by molar-refractivity contribution is -0.147. The standard InChI is InChI=1S/C16H16ClNO3/c1-18(13-10-6-5-9-12(13)17)14(15(19)16(20)21)11-7-3-2-4-8-11/h2-10,14-15,19H,1H3,(H,20,21). The summed E-state index contributed by atoms with van der Waals surface area (Å²) in [6.07, 6.45) is -1.56. The van der Waals surface area contributed by atoms with Crippen molar-refractivity contribution >= 4 is 23.3 Å². The molecule has 0 heterocycles. The molecule has 2 N–H and O–H groups in total. The average molecular weight is 306 g/mol. The Morgan fingerprint density at radius 3 is 2.24 bits per heavy atom. The number of nitrogens with zero attached hydrogens (tertiary/aromatic N) is 1. The molecule has 0 spiro atoms. The van der Waals surface area contributed by atoms with Gasteiger partial charge >= 0.3 is 5.97 Å². The Morgan fingerprint density at radius 1 is 1.10 bits per heavy atom. The van der Waals surface area contributed by atoms with Gasteiger partial charge in [0.1, 0.15) is 0 Å². The van der Waals surface area contributed by atoms with Crippen LogP contribution in [0.5, 0.6) is 0 Å². The molecule has 0 amide bonds. The highest BCUT2D eigenvalue weighted by Crippen LogP contribution is 2.33. The molecule has 0 aliphatic heterocycles. The first kappa shape index (κ1) is 15.4. The van der Waals surface area contributed by atoms with E-state index in [1.54, 1.807) is 54.4 Å². The highest BCUT2D eigenvalue weighted by Gasteiger charge is 2.31. The predicted molar refractivity (Wildman–Crippen MR) is 82.7 cm³/mol. The second-order valence-electron chi connectivity index (χ2n) is 4.70. The summed E-state index contributed by atoms with van der Waals surface area (Å²) in [4.78, 5) is 12.9. The Kier molecular flexibility index (Phi) is 4.83. The maximum absolute atomic E-state index is 11.2. The Morgan fingerprint density at radius 2 is 1.67 bits per heavy atom. The zero-order chi connectivity index (χ0) is 15.4. The van der Waals surface area contributed by atoms with Gasteiger partial charge in [-0.05, 0) is 17.7 Å². The van der Waals surface area contributed by atoms with Crippen LogP contribution in [0.2, 0.25) is 5.02 Å². The molecule has 0 bridgehead atoms. The highest BCUT2D eigenvalue weighted by molar-refractivity contribution is 6.33. The molecular formula is C16H16ClNO3. The number of hydrogen-bond acceptors (Lipinski definition) is 3. The lowest BCUT2D eigenvalue weighted by Crippen LogP contribution is -2.38. The average Bonchev–Trinajstić information content (AvgIpc) is 2.48. The van der Waals surface area contributed by atoms with Gasteiger partial charge in [-0.25, -0.2) is 4.79 Å². The number of para-hydroxylation sites is 1. The van der Waals surface area contributed by atoms with E-state index in [4.69, 9.17) is 16.7 Å². The zero-order valence-electron chi connectivity index (χ0n) is 11.5. The fraction of sp³-hybridized carbons (Fsp3) is 0.188. The number of halogens is 1. The number of rotatable bonds is 5. The first-order valence-electron chi connectivity index (χ1n) is 6.45. The van der Waals surface area contributed by atoms with Gasteiger partial charge in [0.25, 0.3) is 0 Å². The van der Waals surface area contributed by atoms with Crippen LogP contribution in [-0.4, -0.2) is 29.3 Å². The molecule has 0 aliphatic carbocycles. The molecule has 0 saturated heterocycles. The molecule has 2 unspecified atom stereocenters. The molecule has 5 heteroatoms. The van der Waals surface area contributed by atoms with Crippen molar-refractivity contribution in [2.75, 3.05) is 11.9 Å². The number of aliphatic hydroxyl groups excluding tert-OH is 1. The van der Waals surface area contributed by atoms with Gasteiger partial charge in [-0.1, -0.05) is 54.1 Å². The third-order valence-electron chi connectivity index (χ3n) is 3.34. The molecule has 4 nitrogen and oxygen atoms in total. The van der Waals surface area contributed by atoms with Gasteiger partial charge < -0.3 is 15.1 Å². The second kappa shape index (κ2) is 6.61. The van der Waals surface area contributed by atoms with Crippen LogP contribution in [0, 0.1) is 0 Å². The number of carbonyl (C=O) groups is 1. The maximum Gasteiger partial charge on any atom is 0.335 e. The van der Waals surface area contributed by atoms with Gasteiger partial charge in [0, 0.05) is 7.05 Å². The Hall–Kier alpha value is -2.04. The van der Waals surface area contributed by atoms with Crippen LogP contribution in [0.3, 0.4) is 0 Å². The molecule has 110 valence electrons. The van der Waals surface area contributed by atoms with Crippen LogP contribution < -0.4 is 4.90 Å². The zero-order valence-corrected chi connectivity index (χ0v) is 12.2.